The van der Waals surface area contributed by atoms with Crippen molar-refractivity contribution in [1.82, 2.24) is 9.47 Å². The van der Waals surface area contributed by atoms with Crippen molar-refractivity contribution >= 4 is 29.1 Å². The molecule has 3 rings (SSSR count). The fourth-order valence-corrected chi connectivity index (χ4v) is 4.41. The summed E-state index contributed by atoms with van der Waals surface area (Å²) in [6.45, 7) is 4.55. The summed E-state index contributed by atoms with van der Waals surface area (Å²) in [5.41, 5.74) is -1.12. The van der Waals surface area contributed by atoms with Crippen LogP contribution in [-0.2, 0) is 20.5 Å². The number of carbonyl (C=O) groups excluding carboxylic acids is 3. The lowest BCUT2D eigenvalue weighted by Gasteiger charge is -2.32. The van der Waals surface area contributed by atoms with Crippen LogP contribution < -0.4 is 4.80 Å². The van der Waals surface area contributed by atoms with E-state index in [1.807, 2.05) is 0 Å². The fraction of sp³-hybridized carbons (Fsp3) is 0.455. The van der Waals surface area contributed by atoms with Crippen LogP contribution in [0.3, 0.4) is 0 Å². The van der Waals surface area contributed by atoms with Crippen LogP contribution in [0.1, 0.15) is 48.7 Å². The van der Waals surface area contributed by atoms with Crippen LogP contribution in [0.15, 0.2) is 40.8 Å². The SMILES string of the molecule is CCOC(=O)C1CCN(C(=O)C(C)n2ccsc2=NC(=O)c2cccc(C(F)(F)F)c2)CC1. The fourth-order valence-electron chi connectivity index (χ4n) is 3.62. The first-order valence-corrected chi connectivity index (χ1v) is 11.4. The molecule has 0 radical (unpaired) electrons. The van der Waals surface area contributed by atoms with E-state index in [2.05, 4.69) is 4.99 Å². The average molecular weight is 484 g/mol. The van der Waals surface area contributed by atoms with Gasteiger partial charge in [0.15, 0.2) is 4.80 Å². The molecular formula is C22H24F3N3O4S. The number of halogens is 3. The summed E-state index contributed by atoms with van der Waals surface area (Å²) in [5, 5.41) is 1.65. The number of hydrogen-bond donors (Lipinski definition) is 0. The van der Waals surface area contributed by atoms with E-state index in [1.165, 1.54) is 10.6 Å². The quantitative estimate of drug-likeness (QED) is 0.608. The molecule has 1 aliphatic heterocycles. The van der Waals surface area contributed by atoms with Crippen molar-refractivity contribution in [2.45, 2.75) is 38.9 Å². The topological polar surface area (TPSA) is 81.0 Å². The number of piperidine rings is 1. The minimum atomic E-state index is -4.57. The number of amides is 2. The summed E-state index contributed by atoms with van der Waals surface area (Å²) in [6, 6.07) is 3.38. The van der Waals surface area contributed by atoms with Gasteiger partial charge in [-0.05, 0) is 44.9 Å². The maximum atomic E-state index is 13.0. The van der Waals surface area contributed by atoms with Crippen molar-refractivity contribution in [3.05, 3.63) is 51.8 Å². The van der Waals surface area contributed by atoms with E-state index in [-0.39, 0.29) is 28.2 Å². The van der Waals surface area contributed by atoms with Crippen LogP contribution in [0.25, 0.3) is 0 Å². The molecule has 1 saturated heterocycles. The number of esters is 1. The van der Waals surface area contributed by atoms with Crippen molar-refractivity contribution in [2.75, 3.05) is 19.7 Å². The van der Waals surface area contributed by atoms with Gasteiger partial charge in [-0.3, -0.25) is 14.4 Å². The minimum Gasteiger partial charge on any atom is -0.466 e. The van der Waals surface area contributed by atoms with Gasteiger partial charge >= 0.3 is 12.1 Å². The molecule has 1 atom stereocenters. The Kier molecular flexibility index (Phi) is 7.72. The molecule has 7 nitrogen and oxygen atoms in total. The predicted molar refractivity (Wildman–Crippen MR) is 114 cm³/mol. The number of likely N-dealkylation sites (tertiary alicyclic amines) is 1. The number of ether oxygens (including phenoxy) is 1. The molecule has 2 aromatic rings. The predicted octanol–water partition coefficient (Wildman–Crippen LogP) is 3.67. The number of carbonyl (C=O) groups is 3. The van der Waals surface area contributed by atoms with Gasteiger partial charge in [-0.15, -0.1) is 11.3 Å². The number of nitrogens with zero attached hydrogens (tertiary/aromatic N) is 3. The van der Waals surface area contributed by atoms with E-state index < -0.39 is 23.7 Å². The monoisotopic (exact) mass is 483 g/mol. The van der Waals surface area contributed by atoms with Crippen LogP contribution in [0.2, 0.25) is 0 Å². The molecule has 11 heteroatoms. The molecule has 178 valence electrons. The van der Waals surface area contributed by atoms with Crippen LogP contribution >= 0.6 is 11.3 Å². The Morgan fingerprint density at radius 2 is 1.94 bits per heavy atom. The first-order valence-electron chi connectivity index (χ1n) is 10.5. The van der Waals surface area contributed by atoms with Crippen molar-refractivity contribution in [1.29, 1.82) is 0 Å². The highest BCUT2D eigenvalue weighted by Gasteiger charge is 2.32. The third-order valence-electron chi connectivity index (χ3n) is 5.45. The molecule has 1 aromatic carbocycles. The van der Waals surface area contributed by atoms with Gasteiger partial charge in [-0.1, -0.05) is 6.07 Å². The highest BCUT2D eigenvalue weighted by molar-refractivity contribution is 7.07. The van der Waals surface area contributed by atoms with Crippen molar-refractivity contribution < 1.29 is 32.3 Å². The molecule has 0 aliphatic carbocycles. The largest absolute Gasteiger partial charge is 0.466 e. The zero-order valence-electron chi connectivity index (χ0n) is 18.2. The second-order valence-corrected chi connectivity index (χ2v) is 8.49. The molecule has 33 heavy (non-hydrogen) atoms. The molecule has 0 spiro atoms. The summed E-state index contributed by atoms with van der Waals surface area (Å²) < 4.78 is 45.4. The molecule has 0 bridgehead atoms. The summed E-state index contributed by atoms with van der Waals surface area (Å²) in [5.74, 6) is -1.50. The number of benzene rings is 1. The maximum absolute atomic E-state index is 13.0. The summed E-state index contributed by atoms with van der Waals surface area (Å²) >= 11 is 1.11. The van der Waals surface area contributed by atoms with Gasteiger partial charge in [0, 0.05) is 30.2 Å². The number of alkyl halides is 3. The lowest BCUT2D eigenvalue weighted by molar-refractivity contribution is -0.151. The van der Waals surface area contributed by atoms with Gasteiger partial charge in [0.2, 0.25) is 5.91 Å². The van der Waals surface area contributed by atoms with Crippen LogP contribution in [-0.4, -0.2) is 46.9 Å². The van der Waals surface area contributed by atoms with Crippen molar-refractivity contribution in [3.8, 4) is 0 Å². The third kappa shape index (κ3) is 5.89. The number of aromatic nitrogens is 1. The Hall–Kier alpha value is -2.95. The number of rotatable bonds is 5. The van der Waals surface area contributed by atoms with Crippen molar-refractivity contribution in [3.63, 3.8) is 0 Å². The summed E-state index contributed by atoms with van der Waals surface area (Å²) in [6.07, 6.45) is -1.94. The van der Waals surface area contributed by atoms with Gasteiger partial charge in [-0.2, -0.15) is 18.2 Å². The molecule has 2 heterocycles. The Morgan fingerprint density at radius 1 is 1.24 bits per heavy atom. The normalized spacial score (nSPS) is 16.5. The third-order valence-corrected chi connectivity index (χ3v) is 6.22. The van der Waals surface area contributed by atoms with Gasteiger partial charge in [-0.25, -0.2) is 0 Å². The number of hydrogen-bond acceptors (Lipinski definition) is 5. The van der Waals surface area contributed by atoms with E-state index >= 15 is 0 Å². The first kappa shape index (κ1) is 24.7. The molecule has 1 aliphatic rings. The zero-order chi connectivity index (χ0) is 24.2. The lowest BCUT2D eigenvalue weighted by Crippen LogP contribution is -2.44. The molecule has 1 fully saturated rings. The van der Waals surface area contributed by atoms with Gasteiger partial charge in [0.25, 0.3) is 5.91 Å². The van der Waals surface area contributed by atoms with E-state index in [0.717, 1.165) is 29.5 Å². The molecule has 0 saturated carbocycles. The Balaban J connectivity index is 1.73. The minimum absolute atomic E-state index is 0.190. The van der Waals surface area contributed by atoms with E-state index in [9.17, 15) is 27.6 Å². The first-order chi connectivity index (χ1) is 15.6. The molecule has 1 unspecified atom stereocenters. The Morgan fingerprint density at radius 3 is 2.58 bits per heavy atom. The highest BCUT2D eigenvalue weighted by Crippen LogP contribution is 2.29. The van der Waals surface area contributed by atoms with E-state index in [4.69, 9.17) is 4.74 Å². The van der Waals surface area contributed by atoms with Crippen LogP contribution in [0.4, 0.5) is 13.2 Å². The van der Waals surface area contributed by atoms with Crippen LogP contribution in [0.5, 0.6) is 0 Å². The molecule has 0 N–H and O–H groups in total. The number of thiazole rings is 1. The van der Waals surface area contributed by atoms with Gasteiger partial charge in [0.1, 0.15) is 6.04 Å². The van der Waals surface area contributed by atoms with Gasteiger partial charge in [0.05, 0.1) is 18.1 Å². The van der Waals surface area contributed by atoms with Gasteiger partial charge < -0.3 is 14.2 Å². The smallest absolute Gasteiger partial charge is 0.416 e. The molecule has 1 aromatic heterocycles. The second-order valence-electron chi connectivity index (χ2n) is 7.62. The van der Waals surface area contributed by atoms with E-state index in [1.54, 1.807) is 30.3 Å². The molecule has 2 amide bonds. The second kappa shape index (κ2) is 10.3. The Labute approximate surface area is 192 Å². The molecular weight excluding hydrogens is 459 g/mol. The summed E-state index contributed by atoms with van der Waals surface area (Å²) in [4.78, 5) is 43.2. The average Bonchev–Trinajstić information content (AvgIpc) is 3.26. The maximum Gasteiger partial charge on any atom is 0.416 e. The lowest BCUT2D eigenvalue weighted by atomic mass is 9.96. The zero-order valence-corrected chi connectivity index (χ0v) is 19.0. The van der Waals surface area contributed by atoms with Crippen LogP contribution in [0, 0.1) is 5.92 Å². The standard InChI is InChI=1S/C22H24F3N3O4S/c1-3-32-20(31)15-7-9-27(10-8-15)19(30)14(2)28-11-12-33-21(28)26-18(29)16-5-4-6-17(13-16)22(23,24)25/h4-6,11-15H,3,7-10H2,1-2H3. The Bertz CT molecular complexity index is 1080. The van der Waals surface area contributed by atoms with E-state index in [0.29, 0.717) is 32.5 Å². The highest BCUT2D eigenvalue weighted by atomic mass is 32.1. The van der Waals surface area contributed by atoms with Crippen molar-refractivity contribution in [2.24, 2.45) is 10.9 Å². The summed E-state index contributed by atoms with van der Waals surface area (Å²) in [7, 11) is 0.